The van der Waals surface area contributed by atoms with E-state index in [9.17, 15) is 8.42 Å². The van der Waals surface area contributed by atoms with Crippen molar-refractivity contribution in [1.82, 2.24) is 13.9 Å². The molecule has 2 aliphatic rings. The van der Waals surface area contributed by atoms with Crippen LogP contribution >= 0.6 is 0 Å². The van der Waals surface area contributed by atoms with Gasteiger partial charge in [-0.05, 0) is 44.6 Å². The van der Waals surface area contributed by atoms with Gasteiger partial charge >= 0.3 is 0 Å². The van der Waals surface area contributed by atoms with Gasteiger partial charge in [-0.15, -0.1) is 0 Å². The van der Waals surface area contributed by atoms with E-state index in [0.717, 1.165) is 13.0 Å². The minimum Gasteiger partial charge on any atom is -0.314 e. The first-order chi connectivity index (χ1) is 9.00. The number of hydrogen-bond acceptors (Lipinski definition) is 3. The highest BCUT2D eigenvalue weighted by molar-refractivity contribution is 7.86. The third-order valence-corrected chi connectivity index (χ3v) is 6.10. The molecule has 0 bridgehead atoms. The maximum Gasteiger partial charge on any atom is 0.281 e. The van der Waals surface area contributed by atoms with Gasteiger partial charge in [0.15, 0.2) is 0 Å². The number of nitrogens with zero attached hydrogens (tertiary/aromatic N) is 2. The molecule has 19 heavy (non-hydrogen) atoms. The van der Waals surface area contributed by atoms with Crippen LogP contribution in [0.3, 0.4) is 0 Å². The van der Waals surface area contributed by atoms with E-state index in [0.29, 0.717) is 25.0 Å². The van der Waals surface area contributed by atoms with Gasteiger partial charge in [-0.2, -0.15) is 17.0 Å². The summed E-state index contributed by atoms with van der Waals surface area (Å²) in [7, 11) is 0.129. The highest BCUT2D eigenvalue weighted by Gasteiger charge is 2.28. The van der Waals surface area contributed by atoms with E-state index in [1.165, 1.54) is 40.7 Å². The molecule has 112 valence electrons. The van der Waals surface area contributed by atoms with Crippen LogP contribution in [-0.4, -0.2) is 56.8 Å². The lowest BCUT2D eigenvalue weighted by Crippen LogP contribution is -2.43. The molecule has 0 aromatic carbocycles. The number of rotatable bonds is 9. The second-order valence-electron chi connectivity index (χ2n) is 5.99. The van der Waals surface area contributed by atoms with Gasteiger partial charge in [0.05, 0.1) is 0 Å². The summed E-state index contributed by atoms with van der Waals surface area (Å²) in [4.78, 5) is 0. The molecule has 0 atom stereocenters. The second-order valence-corrected chi connectivity index (χ2v) is 8.13. The lowest BCUT2D eigenvalue weighted by Gasteiger charge is -2.31. The average Bonchev–Trinajstić information content (AvgIpc) is 3.12. The third kappa shape index (κ3) is 4.41. The summed E-state index contributed by atoms with van der Waals surface area (Å²) in [5, 5.41) is 3.41. The fraction of sp³-hybridized carbons (Fsp3) is 1.00. The van der Waals surface area contributed by atoms with Crippen LogP contribution in [0, 0.1) is 5.92 Å². The molecule has 0 unspecified atom stereocenters. The fourth-order valence-electron chi connectivity index (χ4n) is 2.38. The Hall–Kier alpha value is -0.170. The zero-order valence-corrected chi connectivity index (χ0v) is 13.0. The first-order valence-corrected chi connectivity index (χ1v) is 8.81. The van der Waals surface area contributed by atoms with Crippen molar-refractivity contribution in [2.24, 2.45) is 5.92 Å². The number of hydrogen-bond donors (Lipinski definition) is 1. The molecule has 0 heterocycles. The molecular formula is C13H27N3O2S. The summed E-state index contributed by atoms with van der Waals surface area (Å²) < 4.78 is 27.6. The molecule has 2 aliphatic carbocycles. The SMILES string of the molecule is CN(CCCNC1CC1)S(=O)(=O)N(C)CC1CCC1. The Morgan fingerprint density at radius 2 is 1.79 bits per heavy atom. The molecule has 0 spiro atoms. The van der Waals surface area contributed by atoms with E-state index in [2.05, 4.69) is 5.32 Å². The van der Waals surface area contributed by atoms with Crippen LogP contribution in [-0.2, 0) is 10.2 Å². The Balaban J connectivity index is 1.69. The van der Waals surface area contributed by atoms with Gasteiger partial charge < -0.3 is 5.32 Å². The highest BCUT2D eigenvalue weighted by atomic mass is 32.2. The van der Waals surface area contributed by atoms with Crippen LogP contribution in [0.15, 0.2) is 0 Å². The summed E-state index contributed by atoms with van der Waals surface area (Å²) >= 11 is 0. The Morgan fingerprint density at radius 1 is 1.11 bits per heavy atom. The average molecular weight is 289 g/mol. The Labute approximate surface area is 117 Å². The molecule has 0 saturated heterocycles. The second kappa shape index (κ2) is 6.52. The van der Waals surface area contributed by atoms with Gasteiger partial charge in [-0.1, -0.05) is 6.42 Å². The van der Waals surface area contributed by atoms with Crippen molar-refractivity contribution >= 4 is 10.2 Å². The van der Waals surface area contributed by atoms with E-state index >= 15 is 0 Å². The highest BCUT2D eigenvalue weighted by Crippen LogP contribution is 2.27. The van der Waals surface area contributed by atoms with Crippen molar-refractivity contribution in [2.75, 3.05) is 33.7 Å². The Bertz CT molecular complexity index is 377. The minimum absolute atomic E-state index is 0.574. The number of nitrogens with one attached hydrogen (secondary N) is 1. The molecule has 1 N–H and O–H groups in total. The van der Waals surface area contributed by atoms with Gasteiger partial charge in [0.25, 0.3) is 10.2 Å². The predicted octanol–water partition coefficient (Wildman–Crippen LogP) is 1.04. The van der Waals surface area contributed by atoms with Crippen LogP contribution < -0.4 is 5.32 Å². The zero-order valence-electron chi connectivity index (χ0n) is 12.1. The summed E-state index contributed by atoms with van der Waals surface area (Å²) in [5.41, 5.74) is 0. The van der Waals surface area contributed by atoms with Crippen LogP contribution in [0.25, 0.3) is 0 Å². The molecule has 6 heteroatoms. The van der Waals surface area contributed by atoms with Crippen LogP contribution in [0.2, 0.25) is 0 Å². The van der Waals surface area contributed by atoms with Crippen molar-refractivity contribution < 1.29 is 8.42 Å². The molecule has 0 aromatic heterocycles. The van der Waals surface area contributed by atoms with Crippen LogP contribution in [0.4, 0.5) is 0 Å². The lowest BCUT2D eigenvalue weighted by molar-refractivity contribution is 0.254. The van der Waals surface area contributed by atoms with Crippen LogP contribution in [0.1, 0.15) is 38.5 Å². The summed E-state index contributed by atoms with van der Waals surface area (Å²) in [6, 6.07) is 0.697. The Kier molecular flexibility index (Phi) is 5.22. The molecule has 5 nitrogen and oxygen atoms in total. The summed E-state index contributed by atoms with van der Waals surface area (Å²) in [6.45, 7) is 2.18. The van der Waals surface area contributed by atoms with E-state index < -0.39 is 10.2 Å². The van der Waals surface area contributed by atoms with E-state index in [1.54, 1.807) is 14.1 Å². The molecule has 0 radical (unpaired) electrons. The summed E-state index contributed by atoms with van der Waals surface area (Å²) in [5.74, 6) is 0.574. The summed E-state index contributed by atoms with van der Waals surface area (Å²) in [6.07, 6.45) is 7.03. The third-order valence-electron chi connectivity index (χ3n) is 4.19. The van der Waals surface area contributed by atoms with Crippen molar-refractivity contribution in [3.05, 3.63) is 0 Å². The van der Waals surface area contributed by atoms with E-state index in [4.69, 9.17) is 0 Å². The maximum absolute atomic E-state index is 12.3. The van der Waals surface area contributed by atoms with Gasteiger partial charge in [-0.25, -0.2) is 0 Å². The predicted molar refractivity (Wildman–Crippen MR) is 77.2 cm³/mol. The zero-order chi connectivity index (χ0) is 13.9. The van der Waals surface area contributed by atoms with Crippen molar-refractivity contribution in [1.29, 1.82) is 0 Å². The van der Waals surface area contributed by atoms with E-state index in [-0.39, 0.29) is 0 Å². The van der Waals surface area contributed by atoms with Crippen molar-refractivity contribution in [2.45, 2.75) is 44.6 Å². The van der Waals surface area contributed by atoms with Gasteiger partial charge in [0.1, 0.15) is 0 Å². The maximum atomic E-state index is 12.3. The van der Waals surface area contributed by atoms with E-state index in [1.807, 2.05) is 0 Å². The Morgan fingerprint density at radius 3 is 2.32 bits per heavy atom. The molecule has 2 fully saturated rings. The molecule has 2 rings (SSSR count). The molecule has 0 aromatic rings. The minimum atomic E-state index is -3.26. The van der Waals surface area contributed by atoms with Crippen molar-refractivity contribution in [3.63, 3.8) is 0 Å². The van der Waals surface area contributed by atoms with Gasteiger partial charge in [-0.3, -0.25) is 0 Å². The molecule has 0 amide bonds. The smallest absolute Gasteiger partial charge is 0.281 e. The van der Waals surface area contributed by atoms with Crippen LogP contribution in [0.5, 0.6) is 0 Å². The first-order valence-electron chi connectivity index (χ1n) is 7.41. The first kappa shape index (κ1) is 15.2. The monoisotopic (exact) mass is 289 g/mol. The molecule has 0 aliphatic heterocycles. The van der Waals surface area contributed by atoms with Gasteiger partial charge in [0, 0.05) is 33.2 Å². The molecular weight excluding hydrogens is 262 g/mol. The lowest BCUT2D eigenvalue weighted by atomic mass is 9.86. The van der Waals surface area contributed by atoms with Gasteiger partial charge in [0.2, 0.25) is 0 Å². The quantitative estimate of drug-likeness (QED) is 0.645. The fourth-order valence-corrected chi connectivity index (χ4v) is 3.62. The molecule has 2 saturated carbocycles. The standard InChI is InChI=1S/C13H27N3O2S/c1-15(10-4-9-14-13-7-8-13)19(17,18)16(2)11-12-5-3-6-12/h12-14H,3-11H2,1-2H3. The normalized spacial score (nSPS) is 21.1. The van der Waals surface area contributed by atoms with Crippen molar-refractivity contribution in [3.8, 4) is 0 Å². The topological polar surface area (TPSA) is 52.7 Å². The largest absolute Gasteiger partial charge is 0.314 e.